The number of H-pyrrole nitrogens is 1. The van der Waals surface area contributed by atoms with Crippen LogP contribution in [0.5, 0.6) is 0 Å². The van der Waals surface area contributed by atoms with Gasteiger partial charge in [0.1, 0.15) is 17.2 Å². The van der Waals surface area contributed by atoms with E-state index in [2.05, 4.69) is 46.7 Å². The van der Waals surface area contributed by atoms with Crippen molar-refractivity contribution >= 4 is 17.5 Å². The molecular formula is C30H36FN7O2. The number of aliphatic imine (C=N–C) groups is 1. The predicted molar refractivity (Wildman–Crippen MR) is 149 cm³/mol. The van der Waals surface area contributed by atoms with Crippen molar-refractivity contribution in [1.29, 1.82) is 0 Å². The highest BCUT2D eigenvalue weighted by Gasteiger charge is 2.52. The summed E-state index contributed by atoms with van der Waals surface area (Å²) < 4.78 is 14.1. The molecule has 210 valence electrons. The van der Waals surface area contributed by atoms with Crippen LogP contribution in [0.25, 0.3) is 0 Å². The predicted octanol–water partition coefficient (Wildman–Crippen LogP) is 4.98. The van der Waals surface area contributed by atoms with Gasteiger partial charge in [-0.05, 0) is 73.8 Å². The van der Waals surface area contributed by atoms with Crippen LogP contribution < -0.4 is 5.32 Å². The van der Waals surface area contributed by atoms with Crippen molar-refractivity contribution in [3.05, 3.63) is 76.9 Å². The van der Waals surface area contributed by atoms with Crippen LogP contribution in [0.1, 0.15) is 93.2 Å². The molecule has 1 aromatic heterocycles. The molecule has 1 atom stereocenters. The minimum Gasteiger partial charge on any atom is -0.345 e. The standard InChI is InChI=1S/C30H36FN7O2/c1-5-29(3,4)23-13-15-30(16-14-23)33-26(22-7-6-8-24(31)17-22)28(40)38(30)19(2)20-9-11-21(12-10-20)27(39)32-18-25-34-36-37-35-25/h6-12,17,19,23H,5,13-16,18H2,1-4H3,(H,32,39)(H,34,35,36,37). The van der Waals surface area contributed by atoms with Crippen molar-refractivity contribution in [1.82, 2.24) is 30.8 Å². The zero-order chi connectivity index (χ0) is 28.5. The Hall–Kier alpha value is -3.95. The second-order valence-electron chi connectivity index (χ2n) is 11.6. The third-order valence-electron chi connectivity index (χ3n) is 8.93. The van der Waals surface area contributed by atoms with Gasteiger partial charge in [0, 0.05) is 11.1 Å². The van der Waals surface area contributed by atoms with Crippen LogP contribution in [0, 0.1) is 17.2 Å². The second-order valence-corrected chi connectivity index (χ2v) is 11.6. The van der Waals surface area contributed by atoms with E-state index in [1.54, 1.807) is 24.3 Å². The zero-order valence-electron chi connectivity index (χ0n) is 23.4. The number of aromatic nitrogens is 4. The summed E-state index contributed by atoms with van der Waals surface area (Å²) in [5.74, 6) is 0.103. The monoisotopic (exact) mass is 545 g/mol. The minimum absolute atomic E-state index is 0.161. The maximum Gasteiger partial charge on any atom is 0.275 e. The fraction of sp³-hybridized carbons (Fsp3) is 0.467. The summed E-state index contributed by atoms with van der Waals surface area (Å²) in [6.07, 6.45) is 4.54. The van der Waals surface area contributed by atoms with Gasteiger partial charge in [0.25, 0.3) is 11.8 Å². The van der Waals surface area contributed by atoms with E-state index in [4.69, 9.17) is 4.99 Å². The van der Waals surface area contributed by atoms with E-state index in [-0.39, 0.29) is 29.8 Å². The fourth-order valence-electron chi connectivity index (χ4n) is 6.06. The molecule has 0 bridgehead atoms. The van der Waals surface area contributed by atoms with Crippen LogP contribution in [0.3, 0.4) is 0 Å². The van der Waals surface area contributed by atoms with E-state index >= 15 is 0 Å². The molecule has 5 rings (SSSR count). The molecular weight excluding hydrogens is 509 g/mol. The summed E-state index contributed by atoms with van der Waals surface area (Å²) in [6.45, 7) is 9.02. The van der Waals surface area contributed by atoms with Crippen LogP contribution >= 0.6 is 0 Å². The first kappa shape index (κ1) is 27.6. The van der Waals surface area contributed by atoms with Gasteiger partial charge in [-0.1, -0.05) is 56.7 Å². The lowest BCUT2D eigenvalue weighted by atomic mass is 9.67. The van der Waals surface area contributed by atoms with Gasteiger partial charge in [0.2, 0.25) is 0 Å². The Kier molecular flexibility index (Phi) is 7.53. The van der Waals surface area contributed by atoms with Crippen molar-refractivity contribution in [2.75, 3.05) is 0 Å². The molecule has 1 aliphatic heterocycles. The molecule has 1 fully saturated rings. The highest BCUT2D eigenvalue weighted by Crippen LogP contribution is 2.49. The van der Waals surface area contributed by atoms with Gasteiger partial charge in [-0.2, -0.15) is 5.21 Å². The quantitative estimate of drug-likeness (QED) is 0.414. The number of benzene rings is 2. The van der Waals surface area contributed by atoms with E-state index in [0.717, 1.165) is 37.7 Å². The summed E-state index contributed by atoms with van der Waals surface area (Å²) in [5.41, 5.74) is 1.74. The van der Waals surface area contributed by atoms with Crippen molar-refractivity contribution in [3.8, 4) is 0 Å². The first-order valence-corrected chi connectivity index (χ1v) is 13.9. The van der Waals surface area contributed by atoms with Gasteiger partial charge < -0.3 is 10.2 Å². The molecule has 3 aromatic rings. The number of hydrogen-bond donors (Lipinski definition) is 2. The molecule has 1 unspecified atom stereocenters. The molecule has 1 aliphatic carbocycles. The summed E-state index contributed by atoms with van der Waals surface area (Å²) in [7, 11) is 0. The number of nitrogens with zero attached hydrogens (tertiary/aromatic N) is 5. The smallest absolute Gasteiger partial charge is 0.275 e. The summed E-state index contributed by atoms with van der Waals surface area (Å²) >= 11 is 0. The van der Waals surface area contributed by atoms with Gasteiger partial charge in [0.15, 0.2) is 5.82 Å². The largest absolute Gasteiger partial charge is 0.345 e. The molecule has 2 aliphatic rings. The van der Waals surface area contributed by atoms with Crippen LogP contribution in [0.4, 0.5) is 4.39 Å². The van der Waals surface area contributed by atoms with Gasteiger partial charge in [0.05, 0.1) is 12.6 Å². The number of tetrazole rings is 1. The molecule has 2 N–H and O–H groups in total. The maximum absolute atomic E-state index is 14.1. The molecule has 2 aromatic carbocycles. The van der Waals surface area contributed by atoms with Gasteiger partial charge >= 0.3 is 0 Å². The van der Waals surface area contributed by atoms with Crippen molar-refractivity contribution in [2.24, 2.45) is 16.3 Å². The number of halogens is 1. The van der Waals surface area contributed by atoms with E-state index in [9.17, 15) is 14.0 Å². The highest BCUT2D eigenvalue weighted by molar-refractivity contribution is 6.46. The molecule has 40 heavy (non-hydrogen) atoms. The number of aromatic amines is 1. The number of hydrogen-bond acceptors (Lipinski definition) is 6. The lowest BCUT2D eigenvalue weighted by Gasteiger charge is -2.47. The van der Waals surface area contributed by atoms with Gasteiger partial charge in [-0.15, -0.1) is 10.2 Å². The van der Waals surface area contributed by atoms with Gasteiger partial charge in [-0.3, -0.25) is 14.6 Å². The minimum atomic E-state index is -0.681. The Balaban J connectivity index is 1.40. The number of carbonyl (C=O) groups is 2. The molecule has 0 saturated heterocycles. The van der Waals surface area contributed by atoms with Crippen LogP contribution in [-0.2, 0) is 11.3 Å². The third kappa shape index (κ3) is 5.26. The Labute approximate surface area is 233 Å². The average molecular weight is 546 g/mol. The number of carbonyl (C=O) groups excluding carboxylic acids is 2. The maximum atomic E-state index is 14.1. The fourth-order valence-corrected chi connectivity index (χ4v) is 6.06. The zero-order valence-corrected chi connectivity index (χ0v) is 23.4. The Morgan fingerprint density at radius 1 is 1.20 bits per heavy atom. The number of nitrogens with one attached hydrogen (secondary N) is 2. The van der Waals surface area contributed by atoms with E-state index in [0.29, 0.717) is 28.6 Å². The lowest BCUT2D eigenvalue weighted by molar-refractivity contribution is -0.133. The summed E-state index contributed by atoms with van der Waals surface area (Å²) in [6, 6.07) is 13.1. The van der Waals surface area contributed by atoms with Crippen LogP contribution in [-0.4, -0.2) is 48.7 Å². The molecule has 0 radical (unpaired) electrons. The van der Waals surface area contributed by atoms with Crippen molar-refractivity contribution < 1.29 is 14.0 Å². The Morgan fingerprint density at radius 2 is 1.93 bits per heavy atom. The first-order valence-electron chi connectivity index (χ1n) is 13.9. The van der Waals surface area contributed by atoms with E-state index < -0.39 is 11.5 Å². The van der Waals surface area contributed by atoms with Crippen molar-refractivity contribution in [3.63, 3.8) is 0 Å². The topological polar surface area (TPSA) is 116 Å². The highest BCUT2D eigenvalue weighted by atomic mass is 19.1. The SMILES string of the molecule is CCC(C)(C)C1CCC2(CC1)N=C(c1cccc(F)c1)C(=O)N2C(C)c1ccc(C(=O)NCc2nn[nH]n2)cc1. The summed E-state index contributed by atoms with van der Waals surface area (Å²) in [5, 5.41) is 16.3. The molecule has 2 amide bonds. The molecule has 10 heteroatoms. The van der Waals surface area contributed by atoms with E-state index in [1.807, 2.05) is 24.0 Å². The van der Waals surface area contributed by atoms with Crippen molar-refractivity contribution in [2.45, 2.75) is 78.0 Å². The second kappa shape index (κ2) is 10.9. The van der Waals surface area contributed by atoms with Crippen LogP contribution in [0.2, 0.25) is 0 Å². The molecule has 9 nitrogen and oxygen atoms in total. The normalized spacial score (nSPS) is 21.9. The first-order chi connectivity index (χ1) is 19.1. The molecule has 1 saturated carbocycles. The molecule has 2 heterocycles. The summed E-state index contributed by atoms with van der Waals surface area (Å²) in [4.78, 5) is 33.6. The Bertz CT molecular complexity index is 1390. The van der Waals surface area contributed by atoms with E-state index in [1.165, 1.54) is 12.1 Å². The number of amides is 2. The molecule has 1 spiro atoms. The number of rotatable bonds is 8. The average Bonchev–Trinajstić information content (AvgIpc) is 3.58. The van der Waals surface area contributed by atoms with Gasteiger partial charge in [-0.25, -0.2) is 4.39 Å². The van der Waals surface area contributed by atoms with Crippen LogP contribution in [0.15, 0.2) is 53.5 Å². The third-order valence-corrected chi connectivity index (χ3v) is 8.93. The lowest BCUT2D eigenvalue weighted by Crippen LogP contribution is -2.51. The Morgan fingerprint density at radius 3 is 2.55 bits per heavy atom.